The molecule has 2 unspecified atom stereocenters. The van der Waals surface area contributed by atoms with Gasteiger partial charge in [0.05, 0.1) is 12.2 Å². The molecule has 0 spiro atoms. The number of para-hydroxylation sites is 1. The first-order chi connectivity index (χ1) is 10.2. The number of likely N-dealkylation sites (tertiary alicyclic amines) is 1. The number of carbonyl (C=O) groups is 1. The molecule has 4 heteroatoms. The van der Waals surface area contributed by atoms with Crippen LogP contribution in [0.25, 0.3) is 0 Å². The first kappa shape index (κ1) is 14.5. The Labute approximate surface area is 125 Å². The smallest absolute Gasteiger partial charge is 0.238 e. The molecule has 1 amide bonds. The molecule has 1 aromatic rings. The van der Waals surface area contributed by atoms with Crippen molar-refractivity contribution in [3.05, 3.63) is 30.1 Å². The molecule has 1 saturated carbocycles. The van der Waals surface area contributed by atoms with Gasteiger partial charge in [-0.15, -0.1) is 0 Å². The fourth-order valence-electron chi connectivity index (χ4n) is 3.78. The fraction of sp³-hybridized carbons (Fsp3) is 0.588. The van der Waals surface area contributed by atoms with E-state index >= 15 is 0 Å². The highest BCUT2D eigenvalue weighted by molar-refractivity contribution is 5.92. The number of anilines is 1. The third-order valence-corrected chi connectivity index (χ3v) is 4.89. The molecule has 1 aliphatic heterocycles. The minimum absolute atomic E-state index is 0.116. The van der Waals surface area contributed by atoms with Gasteiger partial charge in [0.15, 0.2) is 0 Å². The van der Waals surface area contributed by atoms with Crippen LogP contribution in [0.2, 0.25) is 0 Å². The van der Waals surface area contributed by atoms with E-state index in [0.29, 0.717) is 6.54 Å². The number of nitrogens with one attached hydrogen (secondary N) is 1. The first-order valence-corrected chi connectivity index (χ1v) is 7.99. The van der Waals surface area contributed by atoms with Crippen molar-refractivity contribution < 1.29 is 9.18 Å². The highest BCUT2D eigenvalue weighted by Gasteiger charge is 2.31. The van der Waals surface area contributed by atoms with Crippen LogP contribution in [0.1, 0.15) is 32.1 Å². The average Bonchev–Trinajstić information content (AvgIpc) is 2.49. The number of piperidine rings is 1. The lowest BCUT2D eigenvalue weighted by molar-refractivity contribution is -0.118. The average molecular weight is 290 g/mol. The molecular weight excluding hydrogens is 267 g/mol. The maximum Gasteiger partial charge on any atom is 0.238 e. The molecule has 3 nitrogen and oxygen atoms in total. The number of halogens is 1. The predicted molar refractivity (Wildman–Crippen MR) is 81.5 cm³/mol. The minimum Gasteiger partial charge on any atom is -0.322 e. The molecule has 0 radical (unpaired) electrons. The molecule has 1 aliphatic carbocycles. The lowest BCUT2D eigenvalue weighted by Crippen LogP contribution is -2.44. The third-order valence-electron chi connectivity index (χ3n) is 4.89. The van der Waals surface area contributed by atoms with Crippen molar-refractivity contribution in [3.8, 4) is 0 Å². The Morgan fingerprint density at radius 3 is 2.76 bits per heavy atom. The molecule has 2 atom stereocenters. The van der Waals surface area contributed by atoms with Crippen LogP contribution in [0.4, 0.5) is 10.1 Å². The van der Waals surface area contributed by atoms with Crippen molar-refractivity contribution in [3.63, 3.8) is 0 Å². The second kappa shape index (κ2) is 6.56. The van der Waals surface area contributed by atoms with Crippen LogP contribution < -0.4 is 5.32 Å². The van der Waals surface area contributed by atoms with Crippen LogP contribution in [-0.2, 0) is 4.79 Å². The Bertz CT molecular complexity index is 505. The molecule has 1 aromatic carbocycles. The summed E-state index contributed by atoms with van der Waals surface area (Å²) in [7, 11) is 0. The van der Waals surface area contributed by atoms with Crippen LogP contribution in [0.5, 0.6) is 0 Å². The summed E-state index contributed by atoms with van der Waals surface area (Å²) in [6, 6.07) is 6.31. The lowest BCUT2D eigenvalue weighted by atomic mass is 9.75. The van der Waals surface area contributed by atoms with E-state index in [9.17, 15) is 9.18 Å². The van der Waals surface area contributed by atoms with E-state index in [-0.39, 0.29) is 17.4 Å². The van der Waals surface area contributed by atoms with Crippen LogP contribution in [0.3, 0.4) is 0 Å². The number of nitrogens with zero attached hydrogens (tertiary/aromatic N) is 1. The quantitative estimate of drug-likeness (QED) is 0.926. The second-order valence-corrected chi connectivity index (χ2v) is 6.36. The maximum atomic E-state index is 13.5. The van der Waals surface area contributed by atoms with E-state index in [1.54, 1.807) is 18.2 Å². The summed E-state index contributed by atoms with van der Waals surface area (Å²) in [5.74, 6) is 1.13. The highest BCUT2D eigenvalue weighted by Crippen LogP contribution is 2.35. The minimum atomic E-state index is -0.378. The molecule has 114 valence electrons. The SMILES string of the molecule is O=C(CN1CCC2CCCCC2C1)Nc1ccccc1F. The number of hydrogen-bond donors (Lipinski definition) is 1. The molecule has 21 heavy (non-hydrogen) atoms. The predicted octanol–water partition coefficient (Wildman–Crippen LogP) is 3.28. The lowest BCUT2D eigenvalue weighted by Gasteiger charge is -2.41. The summed E-state index contributed by atoms with van der Waals surface area (Å²) in [6.45, 7) is 2.39. The summed E-state index contributed by atoms with van der Waals surface area (Å²) in [5, 5.41) is 2.67. The zero-order chi connectivity index (χ0) is 14.7. The Kier molecular flexibility index (Phi) is 4.54. The largest absolute Gasteiger partial charge is 0.322 e. The standard InChI is InChI=1S/C17H23FN2O/c18-15-7-3-4-8-16(15)19-17(21)12-20-10-9-13-5-1-2-6-14(13)11-20/h3-4,7-8,13-14H,1-2,5-6,9-12H2,(H,19,21). The van der Waals surface area contributed by atoms with Gasteiger partial charge in [-0.05, 0) is 43.4 Å². The van der Waals surface area contributed by atoms with Crippen molar-refractivity contribution in [2.45, 2.75) is 32.1 Å². The van der Waals surface area contributed by atoms with E-state index in [1.165, 1.54) is 38.2 Å². The number of rotatable bonds is 3. The van der Waals surface area contributed by atoms with E-state index < -0.39 is 0 Å². The Morgan fingerprint density at radius 1 is 1.19 bits per heavy atom. The van der Waals surface area contributed by atoms with Crippen molar-refractivity contribution in [2.24, 2.45) is 11.8 Å². The number of amides is 1. The van der Waals surface area contributed by atoms with Gasteiger partial charge in [0.1, 0.15) is 5.82 Å². The summed E-state index contributed by atoms with van der Waals surface area (Å²) >= 11 is 0. The van der Waals surface area contributed by atoms with Gasteiger partial charge in [0.2, 0.25) is 5.91 Å². The van der Waals surface area contributed by atoms with Crippen LogP contribution in [0.15, 0.2) is 24.3 Å². The maximum absolute atomic E-state index is 13.5. The second-order valence-electron chi connectivity index (χ2n) is 6.36. The summed E-state index contributed by atoms with van der Waals surface area (Å²) in [4.78, 5) is 14.3. The van der Waals surface area contributed by atoms with Crippen LogP contribution in [-0.4, -0.2) is 30.4 Å². The third kappa shape index (κ3) is 3.62. The Morgan fingerprint density at radius 2 is 1.95 bits per heavy atom. The Balaban J connectivity index is 1.52. The van der Waals surface area contributed by atoms with Gasteiger partial charge in [0, 0.05) is 6.54 Å². The van der Waals surface area contributed by atoms with Gasteiger partial charge in [-0.25, -0.2) is 4.39 Å². The molecule has 2 aliphatic rings. The van der Waals surface area contributed by atoms with Gasteiger partial charge >= 0.3 is 0 Å². The van der Waals surface area contributed by atoms with Crippen molar-refractivity contribution in [2.75, 3.05) is 25.0 Å². The summed E-state index contributed by atoms with van der Waals surface area (Å²) in [6.07, 6.45) is 6.57. The van der Waals surface area contributed by atoms with E-state index in [1.807, 2.05) is 0 Å². The highest BCUT2D eigenvalue weighted by atomic mass is 19.1. The zero-order valence-electron chi connectivity index (χ0n) is 12.4. The first-order valence-electron chi connectivity index (χ1n) is 7.99. The van der Waals surface area contributed by atoms with Crippen molar-refractivity contribution >= 4 is 11.6 Å². The number of benzene rings is 1. The molecule has 1 saturated heterocycles. The normalized spacial score (nSPS) is 26.1. The molecule has 0 bridgehead atoms. The van der Waals surface area contributed by atoms with E-state index in [0.717, 1.165) is 24.9 Å². The van der Waals surface area contributed by atoms with Gasteiger partial charge < -0.3 is 5.32 Å². The molecular formula is C17H23FN2O. The van der Waals surface area contributed by atoms with Crippen LogP contribution in [0, 0.1) is 17.7 Å². The van der Waals surface area contributed by atoms with Crippen molar-refractivity contribution in [1.29, 1.82) is 0 Å². The van der Waals surface area contributed by atoms with Gasteiger partial charge in [-0.1, -0.05) is 31.4 Å². The van der Waals surface area contributed by atoms with Crippen molar-refractivity contribution in [1.82, 2.24) is 4.90 Å². The monoisotopic (exact) mass is 290 g/mol. The zero-order valence-corrected chi connectivity index (χ0v) is 12.4. The summed E-state index contributed by atoms with van der Waals surface area (Å²) in [5.41, 5.74) is 0.273. The Hall–Kier alpha value is -1.42. The number of hydrogen-bond acceptors (Lipinski definition) is 2. The van der Waals surface area contributed by atoms with Gasteiger partial charge in [-0.3, -0.25) is 9.69 Å². The number of fused-ring (bicyclic) bond motifs is 1. The topological polar surface area (TPSA) is 32.3 Å². The molecule has 0 aromatic heterocycles. The van der Waals surface area contributed by atoms with E-state index in [4.69, 9.17) is 0 Å². The number of carbonyl (C=O) groups excluding carboxylic acids is 1. The molecule has 1 heterocycles. The molecule has 3 rings (SSSR count). The fourth-order valence-corrected chi connectivity index (χ4v) is 3.78. The van der Waals surface area contributed by atoms with Crippen LogP contribution >= 0.6 is 0 Å². The molecule has 2 fully saturated rings. The van der Waals surface area contributed by atoms with E-state index in [2.05, 4.69) is 10.2 Å². The van der Waals surface area contributed by atoms with Gasteiger partial charge in [-0.2, -0.15) is 0 Å². The summed E-state index contributed by atoms with van der Waals surface area (Å²) < 4.78 is 13.5. The van der Waals surface area contributed by atoms with Gasteiger partial charge in [0.25, 0.3) is 0 Å². The molecule has 1 N–H and O–H groups in total.